The highest BCUT2D eigenvalue weighted by Crippen LogP contribution is 2.26. The van der Waals surface area contributed by atoms with Crippen LogP contribution in [0.5, 0.6) is 11.5 Å². The molecule has 0 unspecified atom stereocenters. The molecule has 134 valence electrons. The summed E-state index contributed by atoms with van der Waals surface area (Å²) in [6, 6.07) is 13.1. The lowest BCUT2D eigenvalue weighted by molar-refractivity contribution is -0.274. The summed E-state index contributed by atoms with van der Waals surface area (Å²) in [6.07, 6.45) is -4.05. The molecule has 1 amide bonds. The smallest absolute Gasteiger partial charge is 0.497 e. The van der Waals surface area contributed by atoms with Crippen LogP contribution in [0.3, 0.4) is 0 Å². The first-order valence-corrected chi connectivity index (χ1v) is 7.60. The maximum atomic E-state index is 12.4. The summed E-state index contributed by atoms with van der Waals surface area (Å²) in [5, 5.41) is 2.61. The van der Waals surface area contributed by atoms with Crippen LogP contribution in [0.2, 0.25) is 0 Å². The second kappa shape index (κ2) is 8.41. The average molecular weight is 353 g/mol. The Labute approximate surface area is 143 Å². The number of para-hydroxylation sites is 1. The number of alkyl halides is 3. The van der Waals surface area contributed by atoms with Gasteiger partial charge in [0.1, 0.15) is 11.5 Å². The van der Waals surface area contributed by atoms with E-state index in [1.54, 1.807) is 19.2 Å². The summed E-state index contributed by atoms with van der Waals surface area (Å²) in [5.41, 5.74) is 1.20. The van der Waals surface area contributed by atoms with Gasteiger partial charge in [-0.15, -0.1) is 13.2 Å². The quantitative estimate of drug-likeness (QED) is 0.823. The fourth-order valence-electron chi connectivity index (χ4n) is 2.24. The van der Waals surface area contributed by atoms with Gasteiger partial charge < -0.3 is 14.8 Å². The molecule has 0 bridgehead atoms. The number of rotatable bonds is 7. The van der Waals surface area contributed by atoms with Crippen LogP contribution in [0.1, 0.15) is 17.5 Å². The fourth-order valence-corrected chi connectivity index (χ4v) is 2.24. The molecular formula is C18H18F3NO3. The summed E-state index contributed by atoms with van der Waals surface area (Å²) >= 11 is 0. The predicted octanol–water partition coefficient (Wildman–Crippen LogP) is 3.84. The molecule has 0 spiro atoms. The Bertz CT molecular complexity index is 717. The van der Waals surface area contributed by atoms with Crippen LogP contribution in [-0.4, -0.2) is 19.4 Å². The first-order chi connectivity index (χ1) is 11.9. The second-order valence-corrected chi connectivity index (χ2v) is 5.28. The molecule has 0 aliphatic heterocycles. The van der Waals surface area contributed by atoms with E-state index in [2.05, 4.69) is 10.1 Å². The molecule has 0 aliphatic rings. The summed E-state index contributed by atoms with van der Waals surface area (Å²) < 4.78 is 46.2. The molecule has 2 aromatic carbocycles. The highest BCUT2D eigenvalue weighted by Gasteiger charge is 2.31. The normalized spacial score (nSPS) is 11.0. The van der Waals surface area contributed by atoms with Gasteiger partial charge in [0.2, 0.25) is 5.91 Å². The van der Waals surface area contributed by atoms with E-state index in [4.69, 9.17) is 4.74 Å². The average Bonchev–Trinajstić information content (AvgIpc) is 2.58. The summed E-state index contributed by atoms with van der Waals surface area (Å²) in [4.78, 5) is 11.9. The number of nitrogens with one attached hydrogen (secondary N) is 1. The van der Waals surface area contributed by atoms with Crippen molar-refractivity contribution in [2.24, 2.45) is 0 Å². The Hall–Kier alpha value is -2.70. The predicted molar refractivity (Wildman–Crippen MR) is 86.3 cm³/mol. The highest BCUT2D eigenvalue weighted by molar-refractivity contribution is 5.76. The monoisotopic (exact) mass is 353 g/mol. The van der Waals surface area contributed by atoms with Crippen molar-refractivity contribution in [1.29, 1.82) is 0 Å². The van der Waals surface area contributed by atoms with Crippen molar-refractivity contribution in [2.45, 2.75) is 25.7 Å². The molecule has 2 aromatic rings. The Balaban J connectivity index is 1.88. The molecule has 7 heteroatoms. The lowest BCUT2D eigenvalue weighted by Crippen LogP contribution is -2.24. The van der Waals surface area contributed by atoms with Gasteiger partial charge in [0.05, 0.1) is 7.11 Å². The summed E-state index contributed by atoms with van der Waals surface area (Å²) in [5.74, 6) is 0.129. The minimum Gasteiger partial charge on any atom is -0.497 e. The van der Waals surface area contributed by atoms with E-state index in [9.17, 15) is 18.0 Å². The topological polar surface area (TPSA) is 47.6 Å². The molecule has 0 saturated carbocycles. The number of hydrogen-bond donors (Lipinski definition) is 1. The van der Waals surface area contributed by atoms with Crippen molar-refractivity contribution in [3.8, 4) is 11.5 Å². The van der Waals surface area contributed by atoms with E-state index in [1.165, 1.54) is 18.2 Å². The number of methoxy groups -OCH3 is 1. The number of benzene rings is 2. The van der Waals surface area contributed by atoms with Crippen molar-refractivity contribution in [2.75, 3.05) is 7.11 Å². The Kier molecular flexibility index (Phi) is 6.27. The van der Waals surface area contributed by atoms with Crippen molar-refractivity contribution in [1.82, 2.24) is 5.32 Å². The van der Waals surface area contributed by atoms with E-state index in [-0.39, 0.29) is 30.2 Å². The number of halogens is 3. The molecular weight excluding hydrogens is 335 g/mol. The third kappa shape index (κ3) is 6.37. The number of carbonyl (C=O) groups excluding carboxylic acids is 1. The number of hydrogen-bond acceptors (Lipinski definition) is 3. The van der Waals surface area contributed by atoms with Crippen LogP contribution in [-0.2, 0) is 17.8 Å². The fraction of sp³-hybridized carbons (Fsp3) is 0.278. The van der Waals surface area contributed by atoms with Crippen molar-refractivity contribution in [3.05, 3.63) is 59.7 Å². The van der Waals surface area contributed by atoms with Gasteiger partial charge in [-0.2, -0.15) is 0 Å². The van der Waals surface area contributed by atoms with Gasteiger partial charge in [-0.25, -0.2) is 0 Å². The largest absolute Gasteiger partial charge is 0.573 e. The van der Waals surface area contributed by atoms with E-state index >= 15 is 0 Å². The van der Waals surface area contributed by atoms with Crippen LogP contribution in [0.15, 0.2) is 48.5 Å². The van der Waals surface area contributed by atoms with Gasteiger partial charge in [-0.1, -0.05) is 30.3 Å². The lowest BCUT2D eigenvalue weighted by Gasteiger charge is -2.13. The zero-order chi connectivity index (χ0) is 18.3. The molecule has 0 radical (unpaired) electrons. The van der Waals surface area contributed by atoms with Crippen molar-refractivity contribution in [3.63, 3.8) is 0 Å². The minimum absolute atomic E-state index is 0.0385. The zero-order valence-electron chi connectivity index (χ0n) is 13.6. The van der Waals surface area contributed by atoms with Gasteiger partial charge in [-0.3, -0.25) is 4.79 Å². The Morgan fingerprint density at radius 1 is 1.12 bits per heavy atom. The molecule has 1 N–H and O–H groups in total. The van der Waals surface area contributed by atoms with E-state index in [0.29, 0.717) is 12.2 Å². The summed E-state index contributed by atoms with van der Waals surface area (Å²) in [6.45, 7) is -0.0385. The van der Waals surface area contributed by atoms with E-state index < -0.39 is 6.36 Å². The first-order valence-electron chi connectivity index (χ1n) is 7.60. The standard InChI is InChI=1S/C18H18F3NO3/c1-24-15-7-4-5-13(11-15)9-10-17(23)22-12-14-6-2-3-8-16(14)25-18(19,20)21/h2-8,11H,9-10,12H2,1H3,(H,22,23). The lowest BCUT2D eigenvalue weighted by atomic mass is 10.1. The first kappa shape index (κ1) is 18.6. The second-order valence-electron chi connectivity index (χ2n) is 5.28. The molecule has 0 fully saturated rings. The Morgan fingerprint density at radius 2 is 1.88 bits per heavy atom. The van der Waals surface area contributed by atoms with Gasteiger partial charge in [0.25, 0.3) is 0 Å². The van der Waals surface area contributed by atoms with Gasteiger partial charge >= 0.3 is 6.36 Å². The van der Waals surface area contributed by atoms with E-state index in [0.717, 1.165) is 5.56 Å². The zero-order valence-corrected chi connectivity index (χ0v) is 13.6. The highest BCUT2D eigenvalue weighted by atomic mass is 19.4. The number of amides is 1. The molecule has 0 saturated heterocycles. The minimum atomic E-state index is -4.77. The molecule has 0 aromatic heterocycles. The molecule has 0 aliphatic carbocycles. The summed E-state index contributed by atoms with van der Waals surface area (Å²) in [7, 11) is 1.56. The maximum Gasteiger partial charge on any atom is 0.573 e. The van der Waals surface area contributed by atoms with Crippen LogP contribution in [0.25, 0.3) is 0 Å². The number of ether oxygens (including phenoxy) is 2. The SMILES string of the molecule is COc1cccc(CCC(=O)NCc2ccccc2OC(F)(F)F)c1. The van der Waals surface area contributed by atoms with Crippen LogP contribution in [0, 0.1) is 0 Å². The number of carbonyl (C=O) groups is 1. The van der Waals surface area contributed by atoms with Gasteiger partial charge in [0, 0.05) is 18.5 Å². The molecule has 2 rings (SSSR count). The van der Waals surface area contributed by atoms with Gasteiger partial charge in [-0.05, 0) is 30.2 Å². The molecule has 25 heavy (non-hydrogen) atoms. The maximum absolute atomic E-state index is 12.4. The van der Waals surface area contributed by atoms with Gasteiger partial charge in [0.15, 0.2) is 0 Å². The Morgan fingerprint density at radius 3 is 2.60 bits per heavy atom. The third-order valence-electron chi connectivity index (χ3n) is 3.45. The molecule has 0 atom stereocenters. The van der Waals surface area contributed by atoms with Crippen LogP contribution < -0.4 is 14.8 Å². The van der Waals surface area contributed by atoms with Crippen LogP contribution >= 0.6 is 0 Å². The van der Waals surface area contributed by atoms with E-state index in [1.807, 2.05) is 18.2 Å². The third-order valence-corrected chi connectivity index (χ3v) is 3.45. The van der Waals surface area contributed by atoms with Crippen molar-refractivity contribution < 1.29 is 27.4 Å². The van der Waals surface area contributed by atoms with Crippen LogP contribution in [0.4, 0.5) is 13.2 Å². The molecule has 0 heterocycles. The molecule has 4 nitrogen and oxygen atoms in total. The van der Waals surface area contributed by atoms with Crippen molar-refractivity contribution >= 4 is 5.91 Å². The number of aryl methyl sites for hydroxylation is 1.